The Morgan fingerprint density at radius 1 is 1.40 bits per heavy atom. The third kappa shape index (κ3) is 4.03. The number of carbonyl (C=O) groups is 1. The van der Waals surface area contributed by atoms with Crippen molar-refractivity contribution in [3.63, 3.8) is 0 Å². The van der Waals surface area contributed by atoms with Crippen molar-refractivity contribution in [1.82, 2.24) is 9.78 Å². The molecule has 0 spiro atoms. The van der Waals surface area contributed by atoms with Crippen molar-refractivity contribution in [3.05, 3.63) is 34.0 Å². The van der Waals surface area contributed by atoms with Crippen LogP contribution >= 0.6 is 11.6 Å². The molecule has 134 valence electrons. The highest BCUT2D eigenvalue weighted by molar-refractivity contribution is 6.32. The van der Waals surface area contributed by atoms with Gasteiger partial charge in [0.05, 0.1) is 16.9 Å². The summed E-state index contributed by atoms with van der Waals surface area (Å²) >= 11 is 6.12. The summed E-state index contributed by atoms with van der Waals surface area (Å²) in [6, 6.07) is 2.90. The minimum atomic E-state index is -1.13. The van der Waals surface area contributed by atoms with Crippen LogP contribution in [0.2, 0.25) is 5.02 Å². The smallest absolute Gasteiger partial charge is 0.344 e. The number of ether oxygens (including phenoxy) is 2. The van der Waals surface area contributed by atoms with Crippen LogP contribution in [0.15, 0.2) is 17.3 Å². The zero-order chi connectivity index (χ0) is 18.7. The highest BCUT2D eigenvalue weighted by Crippen LogP contribution is 2.36. The van der Waals surface area contributed by atoms with Gasteiger partial charge in [-0.15, -0.1) is 0 Å². The Morgan fingerprint density at radius 3 is 2.60 bits per heavy atom. The van der Waals surface area contributed by atoms with Gasteiger partial charge < -0.3 is 19.8 Å². The van der Waals surface area contributed by atoms with Gasteiger partial charge in [0.2, 0.25) is 5.88 Å². The fourth-order valence-electron chi connectivity index (χ4n) is 2.12. The van der Waals surface area contributed by atoms with Crippen molar-refractivity contribution in [2.24, 2.45) is 12.2 Å². The van der Waals surface area contributed by atoms with Crippen LogP contribution in [0.25, 0.3) is 0 Å². The molecule has 8 nitrogen and oxygen atoms in total. The summed E-state index contributed by atoms with van der Waals surface area (Å²) in [5.41, 5.74) is 2.03. The molecule has 0 aliphatic rings. The van der Waals surface area contributed by atoms with Crippen molar-refractivity contribution < 1.29 is 24.6 Å². The maximum Gasteiger partial charge on any atom is 0.344 e. The van der Waals surface area contributed by atoms with E-state index in [1.54, 1.807) is 11.7 Å². The fourth-order valence-corrected chi connectivity index (χ4v) is 2.34. The number of rotatable bonds is 6. The number of nitrogens with zero attached hydrogens (tertiary/aromatic N) is 3. The van der Waals surface area contributed by atoms with Gasteiger partial charge >= 0.3 is 5.97 Å². The van der Waals surface area contributed by atoms with Crippen LogP contribution in [0.3, 0.4) is 0 Å². The van der Waals surface area contributed by atoms with E-state index in [-0.39, 0.29) is 16.5 Å². The van der Waals surface area contributed by atoms with Crippen LogP contribution in [0, 0.1) is 13.8 Å². The molecule has 0 saturated carbocycles. The molecule has 2 N–H and O–H groups in total. The van der Waals surface area contributed by atoms with Crippen LogP contribution < -0.4 is 9.47 Å². The topological polar surface area (TPSA) is 106 Å². The van der Waals surface area contributed by atoms with Crippen LogP contribution in [0.5, 0.6) is 17.4 Å². The van der Waals surface area contributed by atoms with Gasteiger partial charge in [0.1, 0.15) is 11.5 Å². The second-order valence-corrected chi connectivity index (χ2v) is 5.81. The largest absolute Gasteiger partial charge is 0.479 e. The lowest BCUT2D eigenvalue weighted by Crippen LogP contribution is -2.23. The van der Waals surface area contributed by atoms with Gasteiger partial charge in [0.25, 0.3) is 0 Å². The van der Waals surface area contributed by atoms with E-state index in [0.717, 1.165) is 17.5 Å². The fraction of sp³-hybridized carbons (Fsp3) is 0.312. The maximum atomic E-state index is 11.0. The molecule has 0 fully saturated rings. The first-order chi connectivity index (χ1) is 11.7. The number of oxime groups is 1. The monoisotopic (exact) mass is 367 g/mol. The molecular weight excluding hydrogens is 350 g/mol. The lowest BCUT2D eigenvalue weighted by Gasteiger charge is -2.15. The van der Waals surface area contributed by atoms with Crippen LogP contribution in [0.4, 0.5) is 0 Å². The SMILES string of the molecule is Cc1nn(C)c(Oc2cc(O[C@@H](C)C(=O)O)c(Cl)cc2/C=N/O)c1C. The molecule has 0 aliphatic carbocycles. The zero-order valence-electron chi connectivity index (χ0n) is 14.1. The number of aromatic nitrogens is 2. The van der Waals surface area contributed by atoms with Gasteiger partial charge in [-0.25, -0.2) is 9.48 Å². The van der Waals surface area contributed by atoms with E-state index in [1.165, 1.54) is 19.1 Å². The predicted octanol–water partition coefficient (Wildman–Crippen LogP) is 3.14. The van der Waals surface area contributed by atoms with Crippen molar-refractivity contribution in [2.45, 2.75) is 26.9 Å². The lowest BCUT2D eigenvalue weighted by molar-refractivity contribution is -0.144. The Kier molecular flexibility index (Phi) is 5.53. The molecular formula is C16H18ClN3O5. The summed E-state index contributed by atoms with van der Waals surface area (Å²) in [6.07, 6.45) is 0.0628. The molecule has 0 amide bonds. The average Bonchev–Trinajstić information content (AvgIpc) is 2.77. The van der Waals surface area contributed by atoms with Crippen LogP contribution in [0.1, 0.15) is 23.7 Å². The number of carboxylic acid groups (broad SMARTS) is 1. The van der Waals surface area contributed by atoms with Gasteiger partial charge in [0.15, 0.2) is 6.10 Å². The van der Waals surface area contributed by atoms with Crippen molar-refractivity contribution in [1.29, 1.82) is 0 Å². The number of carboxylic acids is 1. The molecule has 0 unspecified atom stereocenters. The van der Waals surface area contributed by atoms with Gasteiger partial charge in [-0.1, -0.05) is 16.8 Å². The maximum absolute atomic E-state index is 11.0. The first kappa shape index (κ1) is 18.6. The van der Waals surface area contributed by atoms with E-state index in [9.17, 15) is 4.79 Å². The molecule has 1 heterocycles. The first-order valence-electron chi connectivity index (χ1n) is 7.33. The summed E-state index contributed by atoms with van der Waals surface area (Å²) < 4.78 is 12.8. The summed E-state index contributed by atoms with van der Waals surface area (Å²) in [5.74, 6) is -0.221. The molecule has 1 atom stereocenters. The molecule has 0 aliphatic heterocycles. The molecule has 0 bridgehead atoms. The predicted molar refractivity (Wildman–Crippen MR) is 91.3 cm³/mol. The molecule has 9 heteroatoms. The Labute approximate surface area is 149 Å². The number of hydrogen-bond donors (Lipinski definition) is 2. The summed E-state index contributed by atoms with van der Waals surface area (Å²) in [6.45, 7) is 5.09. The third-order valence-electron chi connectivity index (χ3n) is 3.58. The minimum Gasteiger partial charge on any atom is -0.479 e. The summed E-state index contributed by atoms with van der Waals surface area (Å²) in [7, 11) is 1.73. The van der Waals surface area contributed by atoms with Gasteiger partial charge in [0, 0.05) is 24.2 Å². The highest BCUT2D eigenvalue weighted by Gasteiger charge is 2.19. The molecule has 25 heavy (non-hydrogen) atoms. The number of benzene rings is 1. The van der Waals surface area contributed by atoms with E-state index in [0.29, 0.717) is 11.4 Å². The summed E-state index contributed by atoms with van der Waals surface area (Å²) in [4.78, 5) is 11.0. The minimum absolute atomic E-state index is 0.137. The first-order valence-corrected chi connectivity index (χ1v) is 7.70. The molecule has 0 saturated heterocycles. The van der Waals surface area contributed by atoms with Crippen LogP contribution in [-0.4, -0.2) is 38.4 Å². The molecule has 0 radical (unpaired) electrons. The Morgan fingerprint density at radius 2 is 2.08 bits per heavy atom. The number of hydrogen-bond acceptors (Lipinski definition) is 6. The molecule has 2 rings (SSSR count). The number of halogens is 1. The average molecular weight is 368 g/mol. The lowest BCUT2D eigenvalue weighted by atomic mass is 10.2. The Balaban J connectivity index is 2.48. The second-order valence-electron chi connectivity index (χ2n) is 5.40. The zero-order valence-corrected chi connectivity index (χ0v) is 14.9. The molecule has 2 aromatic rings. The number of aliphatic carboxylic acids is 1. The third-order valence-corrected chi connectivity index (χ3v) is 3.87. The Hall–Kier alpha value is -2.74. The van der Waals surface area contributed by atoms with E-state index < -0.39 is 12.1 Å². The van der Waals surface area contributed by atoms with Gasteiger partial charge in [-0.2, -0.15) is 5.10 Å². The van der Waals surface area contributed by atoms with E-state index in [2.05, 4.69) is 10.3 Å². The normalized spacial score (nSPS) is 12.4. The van der Waals surface area contributed by atoms with E-state index >= 15 is 0 Å². The van der Waals surface area contributed by atoms with Gasteiger partial charge in [-0.05, 0) is 26.8 Å². The summed E-state index contributed by atoms with van der Waals surface area (Å²) in [5, 5.41) is 25.3. The van der Waals surface area contributed by atoms with Crippen molar-refractivity contribution in [3.8, 4) is 17.4 Å². The quantitative estimate of drug-likeness (QED) is 0.461. The van der Waals surface area contributed by atoms with Crippen molar-refractivity contribution in [2.75, 3.05) is 0 Å². The van der Waals surface area contributed by atoms with Gasteiger partial charge in [-0.3, -0.25) is 0 Å². The highest BCUT2D eigenvalue weighted by atomic mass is 35.5. The van der Waals surface area contributed by atoms with E-state index in [1.807, 2.05) is 13.8 Å². The van der Waals surface area contributed by atoms with E-state index in [4.69, 9.17) is 31.4 Å². The molecule has 1 aromatic carbocycles. The van der Waals surface area contributed by atoms with Crippen LogP contribution in [-0.2, 0) is 11.8 Å². The number of aryl methyl sites for hydroxylation is 2. The Bertz CT molecular complexity index is 832. The standard InChI is InChI=1S/C16H18ClN3O5/c1-8-9(2)19-20(4)15(8)25-13-6-14(24-10(3)16(21)22)12(17)5-11(13)7-18-23/h5-7,10,23H,1-4H3,(H,21,22)/b18-7+/t10-/m0/s1. The second kappa shape index (κ2) is 7.43. The molecule has 1 aromatic heterocycles. The van der Waals surface area contributed by atoms with Crippen molar-refractivity contribution >= 4 is 23.8 Å².